The molecule has 0 aliphatic carbocycles. The van der Waals surface area contributed by atoms with Gasteiger partial charge in [-0.25, -0.2) is 4.98 Å². The number of nitrogens with zero attached hydrogens (tertiary/aromatic N) is 2. The molecule has 0 aliphatic rings. The molecule has 1 atom stereocenters. The number of hydrogen-bond donors (Lipinski definition) is 1. The first-order valence-electron chi connectivity index (χ1n) is 6.31. The number of rotatable bonds is 6. The fourth-order valence-electron chi connectivity index (χ4n) is 1.64. The van der Waals surface area contributed by atoms with Gasteiger partial charge in [-0.2, -0.15) is 5.26 Å². The number of para-hydroxylation sites is 1. The Bertz CT molecular complexity index is 555. The van der Waals surface area contributed by atoms with Gasteiger partial charge in [-0.1, -0.05) is 30.8 Å². The Hall–Kier alpha value is -1.09. The quantitative estimate of drug-likeness (QED) is 0.825. The highest BCUT2D eigenvalue weighted by atomic mass is 32.2. The van der Waals surface area contributed by atoms with Gasteiger partial charge in [0.2, 0.25) is 0 Å². The monoisotopic (exact) mass is 291 g/mol. The lowest BCUT2D eigenvalue weighted by Crippen LogP contribution is -2.43. The molecule has 0 radical (unpaired) electrons. The molecule has 1 heterocycles. The summed E-state index contributed by atoms with van der Waals surface area (Å²) in [6.45, 7) is 4.92. The van der Waals surface area contributed by atoms with Gasteiger partial charge in [0.1, 0.15) is 5.54 Å². The number of fused-ring (bicyclic) bond motifs is 1. The molecule has 1 aromatic heterocycles. The van der Waals surface area contributed by atoms with Crippen LogP contribution in [0.15, 0.2) is 28.6 Å². The van der Waals surface area contributed by atoms with Crippen molar-refractivity contribution in [3.63, 3.8) is 0 Å². The maximum absolute atomic E-state index is 9.29. The molecule has 19 heavy (non-hydrogen) atoms. The summed E-state index contributed by atoms with van der Waals surface area (Å²) >= 11 is 3.34. The predicted molar refractivity (Wildman–Crippen MR) is 82.7 cm³/mol. The number of aromatic nitrogens is 1. The summed E-state index contributed by atoms with van der Waals surface area (Å²) in [5, 5.41) is 12.6. The van der Waals surface area contributed by atoms with E-state index in [9.17, 15) is 5.26 Å². The summed E-state index contributed by atoms with van der Waals surface area (Å²) in [5.41, 5.74) is 0.550. The lowest BCUT2D eigenvalue weighted by atomic mass is 10.1. The smallest absolute Gasteiger partial charge is 0.151 e. The van der Waals surface area contributed by atoms with Crippen LogP contribution in [0.4, 0.5) is 0 Å². The van der Waals surface area contributed by atoms with Crippen LogP contribution in [0, 0.1) is 11.3 Å². The van der Waals surface area contributed by atoms with E-state index in [1.807, 2.05) is 25.1 Å². The number of nitrogens with one attached hydrogen (secondary N) is 1. The first kappa shape index (κ1) is 14.3. The van der Waals surface area contributed by atoms with Crippen LogP contribution in [-0.4, -0.2) is 22.8 Å². The van der Waals surface area contributed by atoms with E-state index in [2.05, 4.69) is 29.4 Å². The Morgan fingerprint density at radius 2 is 2.26 bits per heavy atom. The molecule has 2 aromatic rings. The molecule has 0 fully saturated rings. The maximum Gasteiger partial charge on any atom is 0.151 e. The Labute approximate surface area is 122 Å². The second-order valence-corrected chi connectivity index (χ2v) is 6.86. The van der Waals surface area contributed by atoms with E-state index in [0.717, 1.165) is 22.8 Å². The predicted octanol–water partition coefficient (Wildman–Crippen LogP) is 3.67. The van der Waals surface area contributed by atoms with Gasteiger partial charge in [-0.3, -0.25) is 5.32 Å². The second-order valence-electron chi connectivity index (χ2n) is 4.61. The SMILES string of the molecule is CCCNC(C)(C#N)CSc1nc2ccccc2s1. The summed E-state index contributed by atoms with van der Waals surface area (Å²) in [5.74, 6) is 0.712. The van der Waals surface area contributed by atoms with Gasteiger partial charge in [0.25, 0.3) is 0 Å². The van der Waals surface area contributed by atoms with Gasteiger partial charge >= 0.3 is 0 Å². The van der Waals surface area contributed by atoms with Crippen molar-refractivity contribution >= 4 is 33.3 Å². The molecule has 3 nitrogen and oxygen atoms in total. The third-order valence-electron chi connectivity index (χ3n) is 2.77. The Kier molecular flexibility index (Phi) is 4.81. The molecule has 1 N–H and O–H groups in total. The molecular weight excluding hydrogens is 274 g/mol. The average molecular weight is 291 g/mol. The second kappa shape index (κ2) is 6.38. The van der Waals surface area contributed by atoms with Crippen LogP contribution >= 0.6 is 23.1 Å². The van der Waals surface area contributed by atoms with Crippen molar-refractivity contribution < 1.29 is 0 Å². The first-order valence-corrected chi connectivity index (χ1v) is 8.12. The number of benzene rings is 1. The van der Waals surface area contributed by atoms with Gasteiger partial charge in [0, 0.05) is 5.75 Å². The standard InChI is InChI=1S/C14H17N3S2/c1-3-8-16-14(2,9-15)10-18-13-17-11-6-4-5-7-12(11)19-13/h4-7,16H,3,8,10H2,1-2H3. The highest BCUT2D eigenvalue weighted by Crippen LogP contribution is 2.30. The normalized spacial score (nSPS) is 14.2. The van der Waals surface area contributed by atoms with Gasteiger partial charge in [-0.15, -0.1) is 11.3 Å². The summed E-state index contributed by atoms with van der Waals surface area (Å²) < 4.78 is 2.23. The number of hydrogen-bond acceptors (Lipinski definition) is 5. The van der Waals surface area contributed by atoms with E-state index in [4.69, 9.17) is 0 Å². The summed E-state index contributed by atoms with van der Waals surface area (Å²) in [6, 6.07) is 10.5. The lowest BCUT2D eigenvalue weighted by Gasteiger charge is -2.21. The summed E-state index contributed by atoms with van der Waals surface area (Å²) in [4.78, 5) is 4.57. The van der Waals surface area contributed by atoms with E-state index >= 15 is 0 Å². The minimum Gasteiger partial charge on any atom is -0.299 e. The third kappa shape index (κ3) is 3.69. The van der Waals surface area contributed by atoms with Crippen LogP contribution in [0.1, 0.15) is 20.3 Å². The van der Waals surface area contributed by atoms with Crippen LogP contribution < -0.4 is 5.32 Å². The molecule has 0 saturated carbocycles. The van der Waals surface area contributed by atoms with Crippen molar-refractivity contribution in [3.05, 3.63) is 24.3 Å². The highest BCUT2D eigenvalue weighted by Gasteiger charge is 2.23. The molecule has 0 aliphatic heterocycles. The summed E-state index contributed by atoms with van der Waals surface area (Å²) in [7, 11) is 0. The molecule has 0 amide bonds. The van der Waals surface area contributed by atoms with Crippen molar-refractivity contribution in [1.29, 1.82) is 5.26 Å². The highest BCUT2D eigenvalue weighted by molar-refractivity contribution is 8.01. The fraction of sp³-hybridized carbons (Fsp3) is 0.429. The number of nitriles is 1. The van der Waals surface area contributed by atoms with Crippen molar-refractivity contribution in [2.24, 2.45) is 0 Å². The van der Waals surface area contributed by atoms with E-state index in [-0.39, 0.29) is 0 Å². The Morgan fingerprint density at radius 1 is 1.47 bits per heavy atom. The van der Waals surface area contributed by atoms with Crippen LogP contribution in [0.2, 0.25) is 0 Å². The van der Waals surface area contributed by atoms with E-state index in [0.29, 0.717) is 5.75 Å². The molecule has 2 rings (SSSR count). The minimum atomic E-state index is -0.488. The van der Waals surface area contributed by atoms with Gasteiger partial charge < -0.3 is 0 Å². The molecule has 0 saturated heterocycles. The zero-order valence-electron chi connectivity index (χ0n) is 11.1. The molecular formula is C14H17N3S2. The number of thiazole rings is 1. The van der Waals surface area contributed by atoms with Gasteiger partial charge in [-0.05, 0) is 32.0 Å². The molecule has 0 spiro atoms. The summed E-state index contributed by atoms with van der Waals surface area (Å²) in [6.07, 6.45) is 1.03. The fourth-order valence-corrected chi connectivity index (χ4v) is 3.76. The topological polar surface area (TPSA) is 48.7 Å². The first-order chi connectivity index (χ1) is 9.17. The van der Waals surface area contributed by atoms with Crippen LogP contribution in [-0.2, 0) is 0 Å². The molecule has 5 heteroatoms. The third-order valence-corrected chi connectivity index (χ3v) is 5.27. The van der Waals surface area contributed by atoms with Crippen molar-refractivity contribution in [2.45, 2.75) is 30.1 Å². The lowest BCUT2D eigenvalue weighted by molar-refractivity contribution is 0.493. The van der Waals surface area contributed by atoms with Crippen LogP contribution in [0.25, 0.3) is 10.2 Å². The number of thioether (sulfide) groups is 1. The van der Waals surface area contributed by atoms with Crippen LogP contribution in [0.5, 0.6) is 0 Å². The van der Waals surface area contributed by atoms with Crippen molar-refractivity contribution in [2.75, 3.05) is 12.3 Å². The van der Waals surface area contributed by atoms with E-state index < -0.39 is 5.54 Å². The minimum absolute atomic E-state index is 0.488. The molecule has 100 valence electrons. The molecule has 1 aromatic carbocycles. The van der Waals surface area contributed by atoms with Crippen molar-refractivity contribution in [1.82, 2.24) is 10.3 Å². The zero-order valence-corrected chi connectivity index (χ0v) is 12.8. The van der Waals surface area contributed by atoms with Gasteiger partial charge in [0.15, 0.2) is 4.34 Å². The largest absolute Gasteiger partial charge is 0.299 e. The van der Waals surface area contributed by atoms with E-state index in [1.165, 1.54) is 4.70 Å². The van der Waals surface area contributed by atoms with Crippen LogP contribution in [0.3, 0.4) is 0 Å². The Morgan fingerprint density at radius 3 is 2.95 bits per heavy atom. The molecule has 0 bridgehead atoms. The molecule has 1 unspecified atom stereocenters. The average Bonchev–Trinajstić information content (AvgIpc) is 2.86. The van der Waals surface area contributed by atoms with E-state index in [1.54, 1.807) is 23.1 Å². The maximum atomic E-state index is 9.29. The van der Waals surface area contributed by atoms with Gasteiger partial charge in [0.05, 0.1) is 16.3 Å². The Balaban J connectivity index is 2.03. The zero-order chi connectivity index (χ0) is 13.7. The van der Waals surface area contributed by atoms with Crippen molar-refractivity contribution in [3.8, 4) is 6.07 Å².